The van der Waals surface area contributed by atoms with Crippen LogP contribution in [0.15, 0.2) is 39.7 Å². The molecule has 0 spiro atoms. The molecule has 0 fully saturated rings. The van der Waals surface area contributed by atoms with Crippen LogP contribution < -0.4 is 4.87 Å². The van der Waals surface area contributed by atoms with E-state index < -0.39 is 0 Å². The van der Waals surface area contributed by atoms with Crippen LogP contribution in [0.5, 0.6) is 0 Å². The maximum Gasteiger partial charge on any atom is 0.305 e. The van der Waals surface area contributed by atoms with Crippen LogP contribution >= 0.6 is 23.1 Å². The zero-order valence-electron chi connectivity index (χ0n) is 9.60. The number of aromatic nitrogens is 1. The Morgan fingerprint density at radius 1 is 1.26 bits per heavy atom. The van der Waals surface area contributed by atoms with Crippen LogP contribution in [0.1, 0.15) is 15.2 Å². The molecule has 1 aromatic heterocycles. The van der Waals surface area contributed by atoms with Gasteiger partial charge in [-0.3, -0.25) is 9.59 Å². The van der Waals surface area contributed by atoms with Crippen LogP contribution in [0, 0.1) is 5.82 Å². The summed E-state index contributed by atoms with van der Waals surface area (Å²) in [4.78, 5) is 26.9. The predicted octanol–water partition coefficient (Wildman–Crippen LogP) is 2.95. The minimum absolute atomic E-state index is 0.121. The Labute approximate surface area is 116 Å². The number of carbonyl (C=O) groups is 1. The van der Waals surface area contributed by atoms with Gasteiger partial charge < -0.3 is 4.98 Å². The van der Waals surface area contributed by atoms with Crippen molar-refractivity contribution in [3.8, 4) is 0 Å². The van der Waals surface area contributed by atoms with E-state index in [1.807, 2.05) is 0 Å². The first-order valence-electron chi connectivity index (χ1n) is 5.50. The lowest BCUT2D eigenvalue weighted by atomic mass is 10.0. The van der Waals surface area contributed by atoms with Gasteiger partial charge in [0.1, 0.15) is 5.82 Å². The van der Waals surface area contributed by atoms with Crippen molar-refractivity contribution >= 4 is 35.0 Å². The molecule has 0 saturated carbocycles. The Morgan fingerprint density at radius 2 is 2.00 bits per heavy atom. The molecule has 0 amide bonds. The molecular weight excluding hydrogens is 285 g/mol. The number of carbonyl (C=O) groups excluding carboxylic acids is 1. The monoisotopic (exact) mass is 293 g/mol. The number of thioether (sulfide) groups is 1. The molecule has 0 radical (unpaired) electrons. The number of nitrogens with one attached hydrogen (secondary N) is 1. The summed E-state index contributed by atoms with van der Waals surface area (Å²) in [5.74, 6) is 0.0178. The Balaban J connectivity index is 1.95. The average Bonchev–Trinajstić information content (AvgIpc) is 2.77. The van der Waals surface area contributed by atoms with Crippen molar-refractivity contribution in [2.45, 2.75) is 5.03 Å². The van der Waals surface area contributed by atoms with E-state index in [0.717, 1.165) is 21.2 Å². The molecule has 19 heavy (non-hydrogen) atoms. The van der Waals surface area contributed by atoms with E-state index in [-0.39, 0.29) is 16.5 Å². The summed E-state index contributed by atoms with van der Waals surface area (Å²) >= 11 is 2.52. The SMILES string of the molecule is O=C(C1=Cc2sc(=O)[nH]c2SC1)c1ccc(F)cc1. The lowest BCUT2D eigenvalue weighted by Crippen LogP contribution is -2.08. The van der Waals surface area contributed by atoms with Gasteiger partial charge in [-0.1, -0.05) is 11.3 Å². The molecule has 0 aliphatic carbocycles. The van der Waals surface area contributed by atoms with E-state index in [1.54, 1.807) is 6.08 Å². The number of H-pyrrole nitrogens is 1. The van der Waals surface area contributed by atoms with Gasteiger partial charge in [0.15, 0.2) is 5.78 Å². The molecule has 0 unspecified atom stereocenters. The highest BCUT2D eigenvalue weighted by Gasteiger charge is 2.20. The van der Waals surface area contributed by atoms with E-state index in [4.69, 9.17) is 0 Å². The number of halogens is 1. The van der Waals surface area contributed by atoms with E-state index in [0.29, 0.717) is 16.9 Å². The lowest BCUT2D eigenvalue weighted by molar-refractivity contribution is 0.103. The van der Waals surface area contributed by atoms with Crippen molar-refractivity contribution in [3.63, 3.8) is 0 Å². The molecule has 0 saturated heterocycles. The van der Waals surface area contributed by atoms with Crippen molar-refractivity contribution in [3.05, 3.63) is 55.8 Å². The van der Waals surface area contributed by atoms with E-state index in [2.05, 4.69) is 4.98 Å². The molecule has 1 aromatic carbocycles. The number of fused-ring (bicyclic) bond motifs is 1. The fraction of sp³-hybridized carbons (Fsp3) is 0.0769. The van der Waals surface area contributed by atoms with Gasteiger partial charge in [0, 0.05) is 16.9 Å². The minimum Gasteiger partial charge on any atom is -0.307 e. The Hall–Kier alpha value is -1.66. The third-order valence-electron chi connectivity index (χ3n) is 2.72. The number of ketones is 1. The van der Waals surface area contributed by atoms with Gasteiger partial charge >= 0.3 is 4.87 Å². The molecule has 0 atom stereocenters. The third kappa shape index (κ3) is 2.41. The first kappa shape index (κ1) is 12.4. The van der Waals surface area contributed by atoms with Gasteiger partial charge in [-0.25, -0.2) is 4.39 Å². The van der Waals surface area contributed by atoms with Gasteiger partial charge in [0.25, 0.3) is 0 Å². The predicted molar refractivity (Wildman–Crippen MR) is 74.4 cm³/mol. The molecule has 6 heteroatoms. The highest BCUT2D eigenvalue weighted by molar-refractivity contribution is 7.99. The van der Waals surface area contributed by atoms with Crippen LogP contribution in [-0.2, 0) is 0 Å². The van der Waals surface area contributed by atoms with E-state index in [1.165, 1.54) is 36.0 Å². The standard InChI is InChI=1S/C13H8FNO2S2/c14-9-3-1-7(2-4-9)11(16)8-5-10-12(18-6-8)15-13(17)19-10/h1-5H,6H2,(H,15,17). The highest BCUT2D eigenvalue weighted by Crippen LogP contribution is 2.32. The number of Topliss-reactive ketones (excluding diaryl/α,β-unsaturated/α-hetero) is 1. The Bertz CT molecular complexity index is 728. The zero-order valence-corrected chi connectivity index (χ0v) is 11.2. The van der Waals surface area contributed by atoms with Crippen molar-refractivity contribution < 1.29 is 9.18 Å². The zero-order chi connectivity index (χ0) is 13.4. The number of rotatable bonds is 2. The van der Waals surface area contributed by atoms with Crippen LogP contribution in [0.4, 0.5) is 4.39 Å². The van der Waals surface area contributed by atoms with Gasteiger partial charge in [-0.15, -0.1) is 11.8 Å². The topological polar surface area (TPSA) is 49.9 Å². The summed E-state index contributed by atoms with van der Waals surface area (Å²) in [7, 11) is 0. The highest BCUT2D eigenvalue weighted by atomic mass is 32.2. The number of benzene rings is 1. The average molecular weight is 293 g/mol. The van der Waals surface area contributed by atoms with Crippen LogP contribution in [-0.4, -0.2) is 16.5 Å². The normalized spacial score (nSPS) is 13.8. The van der Waals surface area contributed by atoms with Crippen molar-refractivity contribution in [2.24, 2.45) is 0 Å². The second-order valence-electron chi connectivity index (χ2n) is 4.00. The van der Waals surface area contributed by atoms with Crippen LogP contribution in [0.2, 0.25) is 0 Å². The van der Waals surface area contributed by atoms with Gasteiger partial charge in [-0.05, 0) is 30.3 Å². The molecule has 2 heterocycles. The molecule has 1 N–H and O–H groups in total. The largest absolute Gasteiger partial charge is 0.307 e. The number of hydrogen-bond acceptors (Lipinski definition) is 4. The molecule has 3 rings (SSSR count). The Morgan fingerprint density at radius 3 is 2.74 bits per heavy atom. The number of aromatic amines is 1. The fourth-order valence-corrected chi connectivity index (χ4v) is 3.74. The number of thiazole rings is 1. The smallest absolute Gasteiger partial charge is 0.305 e. The van der Waals surface area contributed by atoms with Gasteiger partial charge in [-0.2, -0.15) is 0 Å². The summed E-state index contributed by atoms with van der Waals surface area (Å²) in [5.41, 5.74) is 1.08. The minimum atomic E-state index is -0.366. The molecule has 1 aliphatic heterocycles. The van der Waals surface area contributed by atoms with Crippen LogP contribution in [0.3, 0.4) is 0 Å². The first-order valence-corrected chi connectivity index (χ1v) is 7.30. The third-order valence-corrected chi connectivity index (χ3v) is 4.74. The van der Waals surface area contributed by atoms with Crippen molar-refractivity contribution in [1.29, 1.82) is 0 Å². The van der Waals surface area contributed by atoms with Gasteiger partial charge in [0.2, 0.25) is 0 Å². The first-order chi connectivity index (χ1) is 9.13. The summed E-state index contributed by atoms with van der Waals surface area (Å²) in [5, 5.41) is 0.811. The number of hydrogen-bond donors (Lipinski definition) is 1. The molecule has 0 bridgehead atoms. The second kappa shape index (κ2) is 4.79. The van der Waals surface area contributed by atoms with Gasteiger partial charge in [0.05, 0.1) is 9.90 Å². The molecule has 1 aliphatic rings. The van der Waals surface area contributed by atoms with Crippen molar-refractivity contribution in [2.75, 3.05) is 5.75 Å². The van der Waals surface area contributed by atoms with E-state index in [9.17, 15) is 14.0 Å². The molecule has 2 aromatic rings. The molecular formula is C13H8FNO2S2. The summed E-state index contributed by atoms with van der Waals surface area (Å²) < 4.78 is 12.8. The quantitative estimate of drug-likeness (QED) is 0.866. The maximum atomic E-state index is 12.8. The second-order valence-corrected chi connectivity index (χ2v) is 6.00. The summed E-state index contributed by atoms with van der Waals surface area (Å²) in [6.07, 6.45) is 1.74. The molecule has 3 nitrogen and oxygen atoms in total. The maximum absolute atomic E-state index is 12.8. The molecule has 96 valence electrons. The fourth-order valence-electron chi connectivity index (χ4n) is 1.80. The van der Waals surface area contributed by atoms with E-state index >= 15 is 0 Å². The van der Waals surface area contributed by atoms with Crippen LogP contribution in [0.25, 0.3) is 6.08 Å². The van der Waals surface area contributed by atoms with Crippen molar-refractivity contribution in [1.82, 2.24) is 4.98 Å². The lowest BCUT2D eigenvalue weighted by Gasteiger charge is -2.11. The Kier molecular flexibility index (Phi) is 3.12. The summed E-state index contributed by atoms with van der Waals surface area (Å²) in [6, 6.07) is 5.48. The summed E-state index contributed by atoms with van der Waals surface area (Å²) in [6.45, 7) is 0.